The van der Waals surface area contributed by atoms with Gasteiger partial charge in [0.05, 0.1) is 5.60 Å². The summed E-state index contributed by atoms with van der Waals surface area (Å²) in [6.45, 7) is -0.0490. The molecule has 0 aromatic heterocycles. The number of aliphatic hydroxyl groups is 1. The lowest BCUT2D eigenvalue weighted by Gasteiger charge is -2.36. The van der Waals surface area contributed by atoms with Crippen LogP contribution in [0, 0.1) is 5.82 Å². The Kier molecular flexibility index (Phi) is 4.42. The minimum atomic E-state index is -0.765. The molecule has 0 saturated heterocycles. The molecule has 1 saturated carbocycles. The molecule has 6 heteroatoms. The van der Waals surface area contributed by atoms with Crippen LogP contribution in [0.1, 0.15) is 19.3 Å². The monoisotopic (exact) mass is 331 g/mol. The molecule has 1 aromatic rings. The quantitative estimate of drug-likeness (QED) is 0.867. The van der Waals surface area contributed by atoms with Crippen LogP contribution in [0.15, 0.2) is 22.7 Å². The van der Waals surface area contributed by atoms with Gasteiger partial charge in [-0.2, -0.15) is 0 Å². The molecule has 0 bridgehead atoms. The van der Waals surface area contributed by atoms with Crippen molar-refractivity contribution in [2.24, 2.45) is 0 Å². The second kappa shape index (κ2) is 5.88. The number of benzene rings is 1. The highest BCUT2D eigenvalue weighted by Crippen LogP contribution is 2.30. The number of carbonyl (C=O) groups is 1. The first-order chi connectivity index (χ1) is 8.98. The Morgan fingerprint density at radius 1 is 1.53 bits per heavy atom. The van der Waals surface area contributed by atoms with E-state index in [1.54, 1.807) is 6.07 Å². The molecule has 1 aliphatic rings. The Labute approximate surface area is 119 Å². The molecule has 0 heterocycles. The normalized spacial score (nSPS) is 16.6. The molecule has 104 valence electrons. The minimum absolute atomic E-state index is 0.0284. The third-order valence-electron chi connectivity index (χ3n) is 3.15. The Morgan fingerprint density at radius 3 is 2.84 bits per heavy atom. The van der Waals surface area contributed by atoms with Crippen molar-refractivity contribution in [3.05, 3.63) is 28.5 Å². The zero-order valence-corrected chi connectivity index (χ0v) is 11.9. The molecule has 0 aliphatic heterocycles. The van der Waals surface area contributed by atoms with E-state index in [1.165, 1.54) is 12.1 Å². The number of rotatable bonds is 5. The summed E-state index contributed by atoms with van der Waals surface area (Å²) in [5.41, 5.74) is -0.765. The Morgan fingerprint density at radius 2 is 2.26 bits per heavy atom. The first-order valence-electron chi connectivity index (χ1n) is 6.05. The lowest BCUT2D eigenvalue weighted by atomic mass is 9.80. The summed E-state index contributed by atoms with van der Waals surface area (Å²) < 4.78 is 19.1. The number of hydrogen-bond acceptors (Lipinski definition) is 3. The Hall–Kier alpha value is -1.14. The van der Waals surface area contributed by atoms with Gasteiger partial charge in [-0.25, -0.2) is 4.39 Å². The van der Waals surface area contributed by atoms with Gasteiger partial charge in [0, 0.05) is 11.0 Å². The maximum atomic E-state index is 13.4. The molecule has 2 rings (SSSR count). The molecule has 1 amide bonds. The largest absolute Gasteiger partial charge is 0.481 e. The van der Waals surface area contributed by atoms with Gasteiger partial charge in [0.1, 0.15) is 0 Å². The van der Waals surface area contributed by atoms with Crippen LogP contribution in [0.5, 0.6) is 5.75 Å². The molecule has 0 spiro atoms. The highest BCUT2D eigenvalue weighted by atomic mass is 79.9. The second-order valence-electron chi connectivity index (χ2n) is 4.72. The molecule has 0 unspecified atom stereocenters. The van der Waals surface area contributed by atoms with Crippen molar-refractivity contribution in [1.29, 1.82) is 0 Å². The average Bonchev–Trinajstić information content (AvgIpc) is 2.33. The van der Waals surface area contributed by atoms with E-state index < -0.39 is 11.4 Å². The fraction of sp³-hybridized carbons (Fsp3) is 0.462. The van der Waals surface area contributed by atoms with E-state index in [-0.39, 0.29) is 24.8 Å². The number of ether oxygens (including phenoxy) is 1. The Balaban J connectivity index is 1.76. The van der Waals surface area contributed by atoms with Gasteiger partial charge in [-0.15, -0.1) is 0 Å². The SMILES string of the molecule is O=C(COc1ccc(Br)cc1F)NCC1(O)CCC1. The summed E-state index contributed by atoms with van der Waals surface area (Å²) in [7, 11) is 0. The van der Waals surface area contributed by atoms with Crippen LogP contribution in [0.25, 0.3) is 0 Å². The van der Waals surface area contributed by atoms with E-state index in [2.05, 4.69) is 21.2 Å². The standard InChI is InChI=1S/C13H15BrFNO3/c14-9-2-3-11(10(15)6-9)19-7-12(17)16-8-13(18)4-1-5-13/h2-3,6,18H,1,4-5,7-8H2,(H,16,17). The van der Waals surface area contributed by atoms with Crippen LogP contribution in [0.3, 0.4) is 0 Å². The van der Waals surface area contributed by atoms with E-state index >= 15 is 0 Å². The van der Waals surface area contributed by atoms with Crippen LogP contribution >= 0.6 is 15.9 Å². The molecule has 2 N–H and O–H groups in total. The van der Waals surface area contributed by atoms with Gasteiger partial charge >= 0.3 is 0 Å². The van der Waals surface area contributed by atoms with Crippen LogP contribution in [-0.4, -0.2) is 29.8 Å². The summed E-state index contributed by atoms with van der Waals surface area (Å²) in [6, 6.07) is 4.35. The first kappa shape index (κ1) is 14.3. The molecular formula is C13H15BrFNO3. The maximum Gasteiger partial charge on any atom is 0.258 e. The zero-order chi connectivity index (χ0) is 13.9. The van der Waals surface area contributed by atoms with E-state index in [1.807, 2.05) is 0 Å². The van der Waals surface area contributed by atoms with Gasteiger partial charge in [-0.05, 0) is 37.5 Å². The first-order valence-corrected chi connectivity index (χ1v) is 6.85. The number of amides is 1. The smallest absolute Gasteiger partial charge is 0.258 e. The van der Waals surface area contributed by atoms with Gasteiger partial charge in [0.25, 0.3) is 5.91 Å². The average molecular weight is 332 g/mol. The lowest BCUT2D eigenvalue weighted by Crippen LogP contribution is -2.48. The molecule has 0 radical (unpaired) electrons. The van der Waals surface area contributed by atoms with Crippen molar-refractivity contribution in [1.82, 2.24) is 5.32 Å². The van der Waals surface area contributed by atoms with Crippen molar-refractivity contribution in [3.8, 4) is 5.75 Å². The molecule has 0 atom stereocenters. The van der Waals surface area contributed by atoms with Gasteiger partial charge in [-0.1, -0.05) is 15.9 Å². The Bertz CT molecular complexity index is 477. The maximum absolute atomic E-state index is 13.4. The van der Waals surface area contributed by atoms with E-state index in [4.69, 9.17) is 4.74 Å². The predicted octanol–water partition coefficient (Wildman–Crippen LogP) is 2.00. The van der Waals surface area contributed by atoms with Crippen molar-refractivity contribution >= 4 is 21.8 Å². The number of carbonyl (C=O) groups excluding carboxylic acids is 1. The number of halogens is 2. The number of hydrogen-bond donors (Lipinski definition) is 2. The zero-order valence-electron chi connectivity index (χ0n) is 10.3. The van der Waals surface area contributed by atoms with Crippen LogP contribution in [0.4, 0.5) is 4.39 Å². The second-order valence-corrected chi connectivity index (χ2v) is 5.63. The van der Waals surface area contributed by atoms with Gasteiger partial charge in [0.2, 0.25) is 0 Å². The summed E-state index contributed by atoms with van der Waals surface area (Å²) in [5.74, 6) is -0.872. The van der Waals surface area contributed by atoms with Crippen LogP contribution in [0.2, 0.25) is 0 Å². The summed E-state index contributed by atoms with van der Waals surface area (Å²) >= 11 is 3.13. The van der Waals surface area contributed by atoms with Crippen molar-refractivity contribution < 1.29 is 19.0 Å². The third-order valence-corrected chi connectivity index (χ3v) is 3.64. The highest BCUT2D eigenvalue weighted by Gasteiger charge is 2.34. The van der Waals surface area contributed by atoms with Gasteiger partial charge in [0.15, 0.2) is 18.2 Å². The summed E-state index contributed by atoms with van der Waals surface area (Å²) in [5, 5.41) is 12.4. The van der Waals surface area contributed by atoms with Crippen molar-refractivity contribution in [2.45, 2.75) is 24.9 Å². The topological polar surface area (TPSA) is 58.6 Å². The fourth-order valence-corrected chi connectivity index (χ4v) is 2.14. The van der Waals surface area contributed by atoms with E-state index in [0.717, 1.165) is 6.42 Å². The van der Waals surface area contributed by atoms with Crippen molar-refractivity contribution in [2.75, 3.05) is 13.2 Å². The molecule has 1 fully saturated rings. The van der Waals surface area contributed by atoms with E-state index in [9.17, 15) is 14.3 Å². The van der Waals surface area contributed by atoms with Gasteiger partial charge in [-0.3, -0.25) is 4.79 Å². The van der Waals surface area contributed by atoms with E-state index in [0.29, 0.717) is 17.3 Å². The molecule has 19 heavy (non-hydrogen) atoms. The molecular weight excluding hydrogens is 317 g/mol. The molecule has 4 nitrogen and oxygen atoms in total. The summed E-state index contributed by atoms with van der Waals surface area (Å²) in [4.78, 5) is 11.5. The van der Waals surface area contributed by atoms with Crippen LogP contribution < -0.4 is 10.1 Å². The number of nitrogens with one attached hydrogen (secondary N) is 1. The fourth-order valence-electron chi connectivity index (χ4n) is 1.81. The van der Waals surface area contributed by atoms with Gasteiger partial charge < -0.3 is 15.2 Å². The van der Waals surface area contributed by atoms with Crippen molar-refractivity contribution in [3.63, 3.8) is 0 Å². The third kappa shape index (κ3) is 3.91. The highest BCUT2D eigenvalue weighted by molar-refractivity contribution is 9.10. The molecule has 1 aliphatic carbocycles. The summed E-state index contributed by atoms with van der Waals surface area (Å²) in [6.07, 6.45) is 2.39. The van der Waals surface area contributed by atoms with Crippen LogP contribution in [-0.2, 0) is 4.79 Å². The lowest BCUT2D eigenvalue weighted by molar-refractivity contribution is -0.125. The minimum Gasteiger partial charge on any atom is -0.481 e. The molecule has 1 aromatic carbocycles. The predicted molar refractivity (Wildman–Crippen MR) is 71.4 cm³/mol.